The fourth-order valence-corrected chi connectivity index (χ4v) is 5.13. The van der Waals surface area contributed by atoms with Gasteiger partial charge in [0.05, 0.1) is 10.6 Å². The first-order valence-corrected chi connectivity index (χ1v) is 13.5. The number of nitrogens with zero attached hydrogens (tertiary/aromatic N) is 5. The van der Waals surface area contributed by atoms with Gasteiger partial charge in [0, 0.05) is 49.7 Å². The van der Waals surface area contributed by atoms with Crippen molar-refractivity contribution < 1.29 is 12.8 Å². The Bertz CT molecular complexity index is 1460. The molecule has 4 heterocycles. The second-order valence-corrected chi connectivity index (χ2v) is 10.9. The van der Waals surface area contributed by atoms with Gasteiger partial charge in [-0.2, -0.15) is 0 Å². The van der Waals surface area contributed by atoms with Crippen molar-refractivity contribution in [1.29, 1.82) is 0 Å². The average molecular weight is 495 g/mol. The van der Waals surface area contributed by atoms with E-state index in [0.29, 0.717) is 11.7 Å². The molecule has 3 aromatic heterocycles. The molecule has 1 N–H and O–H groups in total. The summed E-state index contributed by atoms with van der Waals surface area (Å²) in [7, 11) is -3.48. The first-order valence-electron chi connectivity index (χ1n) is 11.6. The molecule has 5 rings (SSSR count). The Morgan fingerprint density at radius 3 is 2.49 bits per heavy atom. The van der Waals surface area contributed by atoms with Gasteiger partial charge >= 0.3 is 0 Å². The fraction of sp³-hybridized carbons (Fsp3) is 0.320. The van der Waals surface area contributed by atoms with Gasteiger partial charge in [0.25, 0.3) is 0 Å². The Morgan fingerprint density at radius 1 is 1.09 bits per heavy atom. The molecule has 0 amide bonds. The SMILES string of the molecule is CCc1cnc(N2CCC(c3ccn4c(Nc5ccc(S(C)(=O)=O)cc5F)ccnc34)CC2)nc1. The highest BCUT2D eigenvalue weighted by molar-refractivity contribution is 7.90. The van der Waals surface area contributed by atoms with Gasteiger partial charge in [0.15, 0.2) is 9.84 Å². The van der Waals surface area contributed by atoms with E-state index in [9.17, 15) is 12.8 Å². The lowest BCUT2D eigenvalue weighted by Crippen LogP contribution is -2.34. The highest BCUT2D eigenvalue weighted by Gasteiger charge is 2.25. The lowest BCUT2D eigenvalue weighted by atomic mass is 9.91. The molecule has 1 aliphatic heterocycles. The number of nitrogens with one attached hydrogen (secondary N) is 1. The minimum Gasteiger partial charge on any atom is -0.341 e. The number of rotatable bonds is 6. The van der Waals surface area contributed by atoms with Gasteiger partial charge in [-0.05, 0) is 61.1 Å². The number of sulfone groups is 1. The smallest absolute Gasteiger partial charge is 0.225 e. The summed E-state index contributed by atoms with van der Waals surface area (Å²) in [5.74, 6) is 1.14. The predicted molar refractivity (Wildman–Crippen MR) is 134 cm³/mol. The molecule has 4 aromatic rings. The molecule has 0 radical (unpaired) electrons. The number of benzene rings is 1. The van der Waals surface area contributed by atoms with Crippen LogP contribution < -0.4 is 10.2 Å². The summed E-state index contributed by atoms with van der Waals surface area (Å²) in [5, 5.41) is 3.08. The molecular weight excluding hydrogens is 467 g/mol. The van der Waals surface area contributed by atoms with Gasteiger partial charge in [-0.15, -0.1) is 0 Å². The summed E-state index contributed by atoms with van der Waals surface area (Å²) in [5.41, 5.74) is 3.31. The highest BCUT2D eigenvalue weighted by Crippen LogP contribution is 2.33. The molecule has 0 bridgehead atoms. The average Bonchev–Trinajstić information content (AvgIpc) is 3.30. The van der Waals surface area contributed by atoms with E-state index < -0.39 is 15.7 Å². The van der Waals surface area contributed by atoms with Crippen LogP contribution in [-0.4, -0.2) is 47.1 Å². The fourth-order valence-electron chi connectivity index (χ4n) is 4.50. The standard InChI is InChI=1S/C25H27FN6O2S/c1-3-17-15-28-25(29-16-17)31-11-7-18(8-12-31)20-9-13-32-23(6-10-27-24(20)32)30-22-5-4-19(14-21(22)26)35(2,33)34/h4-6,9-10,13-16,18,30H,3,7-8,11-12H2,1-2H3. The first kappa shape index (κ1) is 23.2. The molecule has 0 spiro atoms. The Kier molecular flexibility index (Phi) is 6.14. The number of anilines is 3. The van der Waals surface area contributed by atoms with E-state index in [1.54, 1.807) is 12.3 Å². The summed E-state index contributed by atoms with van der Waals surface area (Å²) in [6.07, 6.45) is 11.3. The van der Waals surface area contributed by atoms with E-state index in [-0.39, 0.29) is 10.6 Å². The molecule has 1 fully saturated rings. The normalized spacial score (nSPS) is 15.0. The monoisotopic (exact) mass is 494 g/mol. The number of hydrogen-bond donors (Lipinski definition) is 1. The van der Waals surface area contributed by atoms with Crippen molar-refractivity contribution in [1.82, 2.24) is 19.4 Å². The zero-order valence-corrected chi connectivity index (χ0v) is 20.5. The lowest BCUT2D eigenvalue weighted by Gasteiger charge is -2.31. The summed E-state index contributed by atoms with van der Waals surface area (Å²) >= 11 is 0. The first-order chi connectivity index (χ1) is 16.8. The Labute approximate surface area is 203 Å². The number of halogens is 1. The van der Waals surface area contributed by atoms with Crippen LogP contribution in [0.25, 0.3) is 5.65 Å². The maximum Gasteiger partial charge on any atom is 0.225 e. The van der Waals surface area contributed by atoms with Crippen LogP contribution in [0.5, 0.6) is 0 Å². The molecule has 0 saturated carbocycles. The molecular formula is C25H27FN6O2S. The molecule has 1 aliphatic rings. The topological polar surface area (TPSA) is 92.5 Å². The van der Waals surface area contributed by atoms with Crippen LogP contribution in [0.1, 0.15) is 36.8 Å². The van der Waals surface area contributed by atoms with E-state index in [2.05, 4.69) is 38.2 Å². The second kappa shape index (κ2) is 9.26. The molecule has 1 saturated heterocycles. The van der Waals surface area contributed by atoms with Gasteiger partial charge in [-0.3, -0.25) is 4.40 Å². The Hall–Kier alpha value is -3.53. The number of aromatic nitrogens is 4. The largest absolute Gasteiger partial charge is 0.341 e. The van der Waals surface area contributed by atoms with Gasteiger partial charge in [-0.25, -0.2) is 27.8 Å². The zero-order chi connectivity index (χ0) is 24.6. The van der Waals surface area contributed by atoms with Crippen molar-refractivity contribution >= 4 is 32.9 Å². The molecule has 0 atom stereocenters. The minimum atomic E-state index is -3.48. The van der Waals surface area contributed by atoms with E-state index in [1.807, 2.05) is 23.0 Å². The molecule has 35 heavy (non-hydrogen) atoms. The summed E-state index contributed by atoms with van der Waals surface area (Å²) in [6, 6.07) is 7.70. The molecule has 182 valence electrons. The molecule has 8 nitrogen and oxygen atoms in total. The third-order valence-corrected chi connectivity index (χ3v) is 7.64. The zero-order valence-electron chi connectivity index (χ0n) is 19.6. The van der Waals surface area contributed by atoms with E-state index in [0.717, 1.165) is 67.4 Å². The second-order valence-electron chi connectivity index (χ2n) is 8.84. The minimum absolute atomic E-state index is 0.0540. The van der Waals surface area contributed by atoms with Crippen molar-refractivity contribution in [2.45, 2.75) is 37.0 Å². The number of fused-ring (bicyclic) bond motifs is 1. The highest BCUT2D eigenvalue weighted by atomic mass is 32.2. The molecule has 10 heteroatoms. The Balaban J connectivity index is 1.34. The molecule has 0 unspecified atom stereocenters. The van der Waals surface area contributed by atoms with Crippen molar-refractivity contribution in [3.05, 3.63) is 72.1 Å². The maximum absolute atomic E-state index is 14.6. The van der Waals surface area contributed by atoms with Crippen LogP contribution in [0, 0.1) is 5.82 Å². The van der Waals surface area contributed by atoms with Gasteiger partial charge in [0.2, 0.25) is 5.95 Å². The van der Waals surface area contributed by atoms with Gasteiger partial charge < -0.3 is 10.2 Å². The molecule has 1 aromatic carbocycles. The molecule has 0 aliphatic carbocycles. The predicted octanol–water partition coefficient (Wildman–Crippen LogP) is 4.36. The van der Waals surface area contributed by atoms with Crippen LogP contribution >= 0.6 is 0 Å². The van der Waals surface area contributed by atoms with E-state index in [4.69, 9.17) is 0 Å². The quantitative estimate of drug-likeness (QED) is 0.426. The van der Waals surface area contributed by atoms with Gasteiger partial charge in [-0.1, -0.05) is 6.92 Å². The maximum atomic E-state index is 14.6. The van der Waals surface area contributed by atoms with Crippen molar-refractivity contribution in [3.8, 4) is 0 Å². The number of piperidine rings is 1. The van der Waals surface area contributed by atoms with E-state index in [1.165, 1.54) is 12.1 Å². The van der Waals surface area contributed by atoms with Crippen molar-refractivity contribution in [2.75, 3.05) is 29.6 Å². The Morgan fingerprint density at radius 2 is 1.83 bits per heavy atom. The summed E-state index contributed by atoms with van der Waals surface area (Å²) in [4.78, 5) is 15.8. The number of hydrogen-bond acceptors (Lipinski definition) is 7. The lowest BCUT2D eigenvalue weighted by molar-refractivity contribution is 0.501. The van der Waals surface area contributed by atoms with E-state index >= 15 is 0 Å². The summed E-state index contributed by atoms with van der Waals surface area (Å²) in [6.45, 7) is 3.82. The summed E-state index contributed by atoms with van der Waals surface area (Å²) < 4.78 is 39.9. The van der Waals surface area contributed by atoms with Crippen LogP contribution in [0.4, 0.5) is 21.8 Å². The van der Waals surface area contributed by atoms with Crippen LogP contribution in [0.2, 0.25) is 0 Å². The third kappa shape index (κ3) is 4.70. The number of aryl methyl sites for hydroxylation is 1. The van der Waals surface area contributed by atoms with Crippen LogP contribution in [0.3, 0.4) is 0 Å². The van der Waals surface area contributed by atoms with Crippen molar-refractivity contribution in [2.24, 2.45) is 0 Å². The van der Waals surface area contributed by atoms with Crippen LogP contribution in [0.15, 0.2) is 60.0 Å². The third-order valence-electron chi connectivity index (χ3n) is 6.53. The van der Waals surface area contributed by atoms with Crippen molar-refractivity contribution in [3.63, 3.8) is 0 Å². The van der Waals surface area contributed by atoms with Crippen LogP contribution in [-0.2, 0) is 16.3 Å². The van der Waals surface area contributed by atoms with Gasteiger partial charge in [0.1, 0.15) is 17.3 Å².